The van der Waals surface area contributed by atoms with E-state index in [1.54, 1.807) is 24.3 Å². The van der Waals surface area contributed by atoms with Gasteiger partial charge in [-0.15, -0.1) is 0 Å². The van der Waals surface area contributed by atoms with Gasteiger partial charge in [0.25, 0.3) is 0 Å². The van der Waals surface area contributed by atoms with E-state index < -0.39 is 11.2 Å². The molecule has 112 valence electrons. The number of ether oxygens (including phenoxy) is 1. The van der Waals surface area contributed by atoms with E-state index in [4.69, 9.17) is 9.15 Å². The Morgan fingerprint density at radius 3 is 2.59 bits per heavy atom. The average molecular weight is 296 g/mol. The second-order valence-corrected chi connectivity index (χ2v) is 5.27. The Bertz CT molecular complexity index is 922. The van der Waals surface area contributed by atoms with Crippen LogP contribution in [0, 0.1) is 13.8 Å². The Balaban J connectivity index is 2.42. The minimum Gasteiger partial charge on any atom is -0.502 e. The fourth-order valence-electron chi connectivity index (χ4n) is 2.65. The molecule has 2 aromatic carbocycles. The highest BCUT2D eigenvalue weighted by molar-refractivity contribution is 5.85. The van der Waals surface area contributed by atoms with Crippen LogP contribution in [-0.4, -0.2) is 12.2 Å². The monoisotopic (exact) mass is 296 g/mol. The van der Waals surface area contributed by atoms with Crippen LogP contribution in [0.4, 0.5) is 0 Å². The molecule has 0 bridgehead atoms. The Labute approximate surface area is 127 Å². The molecule has 22 heavy (non-hydrogen) atoms. The number of fused-ring (bicyclic) bond motifs is 1. The lowest BCUT2D eigenvalue weighted by atomic mass is 10.0. The summed E-state index contributed by atoms with van der Waals surface area (Å²) in [6.07, 6.45) is 0. The van der Waals surface area contributed by atoms with Crippen LogP contribution in [0.2, 0.25) is 0 Å². The van der Waals surface area contributed by atoms with Crippen molar-refractivity contribution < 1.29 is 14.3 Å². The van der Waals surface area contributed by atoms with Crippen molar-refractivity contribution in [2.45, 2.75) is 13.8 Å². The quantitative estimate of drug-likeness (QED) is 0.781. The number of hydrogen-bond acceptors (Lipinski definition) is 4. The third kappa shape index (κ3) is 2.13. The summed E-state index contributed by atoms with van der Waals surface area (Å²) in [5, 5.41) is 10.7. The molecule has 0 spiro atoms. The largest absolute Gasteiger partial charge is 0.502 e. The summed E-state index contributed by atoms with van der Waals surface area (Å²) in [4.78, 5) is 12.5. The van der Waals surface area contributed by atoms with E-state index in [1.807, 2.05) is 26.0 Å². The van der Waals surface area contributed by atoms with Gasteiger partial charge in [0.2, 0.25) is 11.2 Å². The normalized spacial score (nSPS) is 10.9. The van der Waals surface area contributed by atoms with Crippen molar-refractivity contribution in [3.8, 4) is 22.8 Å². The van der Waals surface area contributed by atoms with Gasteiger partial charge in [-0.1, -0.05) is 18.2 Å². The summed E-state index contributed by atoms with van der Waals surface area (Å²) in [6.45, 7) is 3.78. The van der Waals surface area contributed by atoms with Crippen molar-refractivity contribution in [1.29, 1.82) is 0 Å². The molecule has 0 aliphatic carbocycles. The lowest BCUT2D eigenvalue weighted by Crippen LogP contribution is -2.04. The first-order valence-corrected chi connectivity index (χ1v) is 6.93. The first-order valence-electron chi connectivity index (χ1n) is 6.93. The highest BCUT2D eigenvalue weighted by Gasteiger charge is 2.19. The molecule has 0 saturated carbocycles. The molecule has 4 heteroatoms. The molecule has 1 aromatic heterocycles. The predicted molar refractivity (Wildman–Crippen MR) is 85.6 cm³/mol. The molecular formula is C18H16O4. The van der Waals surface area contributed by atoms with Crippen LogP contribution in [0.1, 0.15) is 11.1 Å². The molecule has 0 atom stereocenters. The summed E-state index contributed by atoms with van der Waals surface area (Å²) in [5.41, 5.74) is 2.38. The van der Waals surface area contributed by atoms with Crippen LogP contribution in [-0.2, 0) is 0 Å². The molecule has 0 radical (unpaired) electrons. The molecule has 1 heterocycles. The van der Waals surface area contributed by atoms with Crippen LogP contribution in [0.5, 0.6) is 11.5 Å². The Kier molecular flexibility index (Phi) is 3.37. The first-order chi connectivity index (χ1) is 10.5. The number of aromatic hydroxyl groups is 1. The molecule has 0 amide bonds. The zero-order chi connectivity index (χ0) is 15.9. The van der Waals surface area contributed by atoms with Gasteiger partial charge in [0.05, 0.1) is 18.1 Å². The van der Waals surface area contributed by atoms with Crippen molar-refractivity contribution >= 4 is 11.0 Å². The van der Waals surface area contributed by atoms with Gasteiger partial charge in [-0.2, -0.15) is 0 Å². The topological polar surface area (TPSA) is 59.7 Å². The molecule has 0 aliphatic heterocycles. The van der Waals surface area contributed by atoms with E-state index in [1.165, 1.54) is 7.11 Å². The van der Waals surface area contributed by atoms with Gasteiger partial charge in [0.15, 0.2) is 5.76 Å². The standard InChI is InChI=1S/C18H16O4/c1-10-8-11(2)17-13(9-10)15(19)16(20)18(22-17)12-6-4-5-7-14(12)21-3/h4-9,20H,1-3H3. The summed E-state index contributed by atoms with van der Waals surface area (Å²) in [7, 11) is 1.53. The van der Waals surface area contributed by atoms with E-state index >= 15 is 0 Å². The molecule has 0 unspecified atom stereocenters. The van der Waals surface area contributed by atoms with Crippen LogP contribution in [0.3, 0.4) is 0 Å². The SMILES string of the molecule is COc1ccccc1-c1oc2c(C)cc(C)cc2c(=O)c1O. The molecule has 1 N–H and O–H groups in total. The van der Waals surface area contributed by atoms with Crippen LogP contribution in [0.15, 0.2) is 45.6 Å². The van der Waals surface area contributed by atoms with Crippen LogP contribution in [0.25, 0.3) is 22.3 Å². The Morgan fingerprint density at radius 1 is 1.14 bits per heavy atom. The van der Waals surface area contributed by atoms with Gasteiger partial charge in [-0.25, -0.2) is 0 Å². The molecule has 0 fully saturated rings. The number of para-hydroxylation sites is 1. The number of hydrogen-bond donors (Lipinski definition) is 1. The summed E-state index contributed by atoms with van der Waals surface area (Å²) < 4.78 is 11.1. The van der Waals surface area contributed by atoms with E-state index in [9.17, 15) is 9.90 Å². The second-order valence-electron chi connectivity index (χ2n) is 5.27. The molecule has 4 nitrogen and oxygen atoms in total. The van der Waals surface area contributed by atoms with Gasteiger partial charge < -0.3 is 14.3 Å². The third-order valence-electron chi connectivity index (χ3n) is 3.65. The number of rotatable bonds is 2. The molecule has 3 aromatic rings. The van der Waals surface area contributed by atoms with E-state index in [-0.39, 0.29) is 5.76 Å². The minimum atomic E-state index is -0.436. The van der Waals surface area contributed by atoms with Crippen molar-refractivity contribution in [2.24, 2.45) is 0 Å². The number of benzene rings is 2. The highest BCUT2D eigenvalue weighted by atomic mass is 16.5. The highest BCUT2D eigenvalue weighted by Crippen LogP contribution is 2.36. The molecule has 0 saturated heterocycles. The number of aryl methyl sites for hydroxylation is 2. The van der Waals surface area contributed by atoms with E-state index in [2.05, 4.69) is 0 Å². The maximum Gasteiger partial charge on any atom is 0.235 e. The smallest absolute Gasteiger partial charge is 0.235 e. The van der Waals surface area contributed by atoms with E-state index in [0.717, 1.165) is 11.1 Å². The summed E-state index contributed by atoms with van der Waals surface area (Å²) in [6, 6.07) is 10.8. The zero-order valence-electron chi connectivity index (χ0n) is 12.6. The predicted octanol–water partition coefficient (Wildman–Crippen LogP) is 3.79. The lowest BCUT2D eigenvalue weighted by Gasteiger charge is -2.11. The minimum absolute atomic E-state index is 0.127. The van der Waals surface area contributed by atoms with Crippen molar-refractivity contribution in [3.05, 3.63) is 57.7 Å². The first kappa shape index (κ1) is 14.2. The summed E-state index contributed by atoms with van der Waals surface area (Å²) >= 11 is 0. The van der Waals surface area contributed by atoms with Gasteiger partial charge in [0, 0.05) is 0 Å². The van der Waals surface area contributed by atoms with E-state index in [0.29, 0.717) is 22.3 Å². The van der Waals surface area contributed by atoms with Crippen molar-refractivity contribution in [3.63, 3.8) is 0 Å². The third-order valence-corrected chi connectivity index (χ3v) is 3.65. The van der Waals surface area contributed by atoms with Crippen molar-refractivity contribution in [2.75, 3.05) is 7.11 Å². The van der Waals surface area contributed by atoms with Crippen molar-refractivity contribution in [1.82, 2.24) is 0 Å². The van der Waals surface area contributed by atoms with Gasteiger partial charge >= 0.3 is 0 Å². The fraction of sp³-hybridized carbons (Fsp3) is 0.167. The Hall–Kier alpha value is -2.75. The van der Waals surface area contributed by atoms with Gasteiger partial charge in [0.1, 0.15) is 11.3 Å². The molecular weight excluding hydrogens is 280 g/mol. The number of methoxy groups -OCH3 is 1. The molecule has 0 aliphatic rings. The maximum atomic E-state index is 12.5. The average Bonchev–Trinajstić information content (AvgIpc) is 2.51. The molecule has 3 rings (SSSR count). The second kappa shape index (κ2) is 5.22. The summed E-state index contributed by atoms with van der Waals surface area (Å²) in [5.74, 6) is 0.258. The van der Waals surface area contributed by atoms with Crippen LogP contribution >= 0.6 is 0 Å². The Morgan fingerprint density at radius 2 is 1.86 bits per heavy atom. The maximum absolute atomic E-state index is 12.5. The zero-order valence-corrected chi connectivity index (χ0v) is 12.6. The van der Waals surface area contributed by atoms with Crippen LogP contribution < -0.4 is 10.2 Å². The fourth-order valence-corrected chi connectivity index (χ4v) is 2.65. The van der Waals surface area contributed by atoms with Gasteiger partial charge in [-0.3, -0.25) is 4.79 Å². The lowest BCUT2D eigenvalue weighted by molar-refractivity contribution is 0.411. The van der Waals surface area contributed by atoms with Gasteiger partial charge in [-0.05, 0) is 43.2 Å².